The van der Waals surface area contributed by atoms with Crippen LogP contribution in [0.5, 0.6) is 0 Å². The van der Waals surface area contributed by atoms with Crippen LogP contribution in [0.15, 0.2) is 41.4 Å². The van der Waals surface area contributed by atoms with Crippen molar-refractivity contribution >= 4 is 15.9 Å². The largest absolute Gasteiger partial charge is 0.379 e. The van der Waals surface area contributed by atoms with Crippen LogP contribution >= 0.6 is 0 Å². The molecule has 1 unspecified atom stereocenters. The molecule has 1 aromatic carbocycles. The molecule has 2 fully saturated rings. The molecule has 30 heavy (non-hydrogen) atoms. The summed E-state index contributed by atoms with van der Waals surface area (Å²) in [5.74, 6) is -0.428. The molecule has 1 aliphatic carbocycles. The van der Waals surface area contributed by atoms with E-state index in [0.717, 1.165) is 31.2 Å². The van der Waals surface area contributed by atoms with Gasteiger partial charge in [-0.25, -0.2) is 12.8 Å². The first-order valence-corrected chi connectivity index (χ1v) is 11.7. The molecule has 0 radical (unpaired) electrons. The average Bonchev–Trinajstić information content (AvgIpc) is 3.46. The van der Waals surface area contributed by atoms with E-state index in [2.05, 4.69) is 10.3 Å². The highest BCUT2D eigenvalue weighted by molar-refractivity contribution is 7.89. The highest BCUT2D eigenvalue weighted by atomic mass is 32.2. The first-order chi connectivity index (χ1) is 14.4. The molecule has 9 heteroatoms. The second kappa shape index (κ2) is 8.87. The number of ether oxygens (including phenoxy) is 1. The highest BCUT2D eigenvalue weighted by Gasteiger charge is 2.30. The lowest BCUT2D eigenvalue weighted by atomic mass is 9.91. The molecule has 1 saturated heterocycles. The predicted molar refractivity (Wildman–Crippen MR) is 109 cm³/mol. The number of H-pyrrole nitrogens is 1. The molecule has 1 aromatic heterocycles. The monoisotopic (exact) mass is 435 g/mol. The summed E-state index contributed by atoms with van der Waals surface area (Å²) in [6.07, 6.45) is 5.53. The van der Waals surface area contributed by atoms with Crippen molar-refractivity contribution in [3.63, 3.8) is 0 Å². The summed E-state index contributed by atoms with van der Waals surface area (Å²) in [7, 11) is -3.68. The molecule has 162 valence electrons. The summed E-state index contributed by atoms with van der Waals surface area (Å²) in [6.45, 7) is 1.31. The van der Waals surface area contributed by atoms with E-state index < -0.39 is 10.0 Å². The van der Waals surface area contributed by atoms with Crippen LogP contribution in [-0.4, -0.2) is 49.9 Å². The Hall–Kier alpha value is -2.23. The van der Waals surface area contributed by atoms with Gasteiger partial charge in [-0.2, -0.15) is 4.31 Å². The molecule has 1 atom stereocenters. The minimum absolute atomic E-state index is 0.0637. The van der Waals surface area contributed by atoms with Crippen LogP contribution in [0.1, 0.15) is 47.8 Å². The standard InChI is InChI=1S/C21H26FN3O4S/c22-17-7-5-16(6-8-17)20(15-3-1-2-4-15)24-21(26)19-13-18(14-23-19)30(27,28)25-9-11-29-12-10-25/h5-8,13-15,20,23H,1-4,9-12H2,(H,24,26). The molecular weight excluding hydrogens is 409 g/mol. The number of morpholine rings is 1. The summed E-state index contributed by atoms with van der Waals surface area (Å²) in [5, 5.41) is 3.03. The van der Waals surface area contributed by atoms with Crippen molar-refractivity contribution < 1.29 is 22.3 Å². The number of halogens is 1. The molecular formula is C21H26FN3O4S. The van der Waals surface area contributed by atoms with Gasteiger partial charge in [-0.05, 0) is 42.5 Å². The lowest BCUT2D eigenvalue weighted by Crippen LogP contribution is -2.40. The maximum Gasteiger partial charge on any atom is 0.268 e. The fourth-order valence-electron chi connectivity index (χ4n) is 4.24. The van der Waals surface area contributed by atoms with Gasteiger partial charge in [-0.15, -0.1) is 0 Å². The summed E-state index contributed by atoms with van der Waals surface area (Å²) in [6, 6.07) is 7.30. The third-order valence-corrected chi connectivity index (χ3v) is 7.77. The number of nitrogens with zero attached hydrogens (tertiary/aromatic N) is 1. The number of sulfonamides is 1. The van der Waals surface area contributed by atoms with Crippen LogP contribution < -0.4 is 5.32 Å². The maximum atomic E-state index is 13.4. The van der Waals surface area contributed by atoms with Gasteiger partial charge in [0.15, 0.2) is 0 Å². The molecule has 2 aromatic rings. The molecule has 7 nitrogen and oxygen atoms in total. The van der Waals surface area contributed by atoms with Gasteiger partial charge < -0.3 is 15.0 Å². The van der Waals surface area contributed by atoms with E-state index in [4.69, 9.17) is 4.74 Å². The molecule has 1 saturated carbocycles. The Balaban J connectivity index is 1.52. The van der Waals surface area contributed by atoms with Crippen LogP contribution in [0.2, 0.25) is 0 Å². The zero-order valence-corrected chi connectivity index (χ0v) is 17.5. The normalized spacial score (nSPS) is 19.6. The zero-order valence-electron chi connectivity index (χ0n) is 16.6. The molecule has 1 aliphatic heterocycles. The fraction of sp³-hybridized carbons (Fsp3) is 0.476. The van der Waals surface area contributed by atoms with Crippen LogP contribution in [0.25, 0.3) is 0 Å². The van der Waals surface area contributed by atoms with Gasteiger partial charge >= 0.3 is 0 Å². The van der Waals surface area contributed by atoms with Crippen molar-refractivity contribution in [2.75, 3.05) is 26.3 Å². The summed E-state index contributed by atoms with van der Waals surface area (Å²) in [5.41, 5.74) is 1.04. The third-order valence-electron chi connectivity index (χ3n) is 5.90. The Morgan fingerprint density at radius 2 is 1.83 bits per heavy atom. The number of hydrogen-bond acceptors (Lipinski definition) is 4. The van der Waals surface area contributed by atoms with E-state index in [-0.39, 0.29) is 34.3 Å². The van der Waals surface area contributed by atoms with Crippen molar-refractivity contribution in [1.29, 1.82) is 0 Å². The first kappa shape index (κ1) is 21.0. The summed E-state index contributed by atoms with van der Waals surface area (Å²) < 4.78 is 45.5. The lowest BCUT2D eigenvalue weighted by molar-refractivity contribution is 0.0730. The average molecular weight is 436 g/mol. The Morgan fingerprint density at radius 1 is 1.17 bits per heavy atom. The summed E-state index contributed by atoms with van der Waals surface area (Å²) >= 11 is 0. The molecule has 1 amide bonds. The number of aromatic nitrogens is 1. The lowest BCUT2D eigenvalue weighted by Gasteiger charge is -2.25. The van der Waals surface area contributed by atoms with E-state index in [1.54, 1.807) is 12.1 Å². The summed E-state index contributed by atoms with van der Waals surface area (Å²) in [4.78, 5) is 15.8. The molecule has 2 heterocycles. The number of rotatable bonds is 6. The molecule has 0 bridgehead atoms. The van der Waals surface area contributed by atoms with Gasteiger partial charge in [-0.1, -0.05) is 25.0 Å². The fourth-order valence-corrected chi connectivity index (χ4v) is 5.65. The number of benzene rings is 1. The van der Waals surface area contributed by atoms with E-state index >= 15 is 0 Å². The van der Waals surface area contributed by atoms with Crippen LogP contribution in [0.3, 0.4) is 0 Å². The maximum absolute atomic E-state index is 13.4. The van der Waals surface area contributed by atoms with Gasteiger partial charge in [0.2, 0.25) is 10.0 Å². The van der Waals surface area contributed by atoms with Crippen LogP contribution in [0, 0.1) is 11.7 Å². The Bertz CT molecular complexity index is 978. The topological polar surface area (TPSA) is 91.5 Å². The smallest absolute Gasteiger partial charge is 0.268 e. The third kappa shape index (κ3) is 4.43. The van der Waals surface area contributed by atoms with E-state index in [1.807, 2.05) is 0 Å². The van der Waals surface area contributed by atoms with Gasteiger partial charge in [0.05, 0.1) is 19.3 Å². The molecule has 4 rings (SSSR count). The Kier molecular flexibility index (Phi) is 6.21. The van der Waals surface area contributed by atoms with Gasteiger partial charge in [0.25, 0.3) is 5.91 Å². The van der Waals surface area contributed by atoms with E-state index in [1.165, 1.54) is 28.7 Å². The SMILES string of the molecule is O=C(NC(c1ccc(F)cc1)C1CCCC1)c1cc(S(=O)(=O)N2CCOCC2)c[nH]1. The zero-order chi connectivity index (χ0) is 21.1. The van der Waals surface area contributed by atoms with Crippen molar-refractivity contribution in [2.45, 2.75) is 36.6 Å². The van der Waals surface area contributed by atoms with E-state index in [9.17, 15) is 17.6 Å². The Labute approximate surface area is 175 Å². The highest BCUT2D eigenvalue weighted by Crippen LogP contribution is 2.36. The quantitative estimate of drug-likeness (QED) is 0.730. The predicted octanol–water partition coefficient (Wildman–Crippen LogP) is 2.84. The number of nitrogens with one attached hydrogen (secondary N) is 2. The number of hydrogen-bond donors (Lipinski definition) is 2. The number of amides is 1. The van der Waals surface area contributed by atoms with Gasteiger partial charge in [-0.3, -0.25) is 4.79 Å². The molecule has 0 spiro atoms. The minimum Gasteiger partial charge on any atom is -0.379 e. The first-order valence-electron chi connectivity index (χ1n) is 10.3. The van der Waals surface area contributed by atoms with Crippen molar-refractivity contribution in [3.05, 3.63) is 53.6 Å². The van der Waals surface area contributed by atoms with Gasteiger partial charge in [0.1, 0.15) is 16.4 Å². The minimum atomic E-state index is -3.68. The van der Waals surface area contributed by atoms with Crippen molar-refractivity contribution in [3.8, 4) is 0 Å². The Morgan fingerprint density at radius 3 is 2.50 bits per heavy atom. The van der Waals surface area contributed by atoms with Crippen LogP contribution in [-0.2, 0) is 14.8 Å². The number of carbonyl (C=O) groups is 1. The number of aromatic amines is 1. The van der Waals surface area contributed by atoms with Crippen LogP contribution in [0.4, 0.5) is 4.39 Å². The second-order valence-electron chi connectivity index (χ2n) is 7.81. The van der Waals surface area contributed by atoms with Crippen molar-refractivity contribution in [1.82, 2.24) is 14.6 Å². The van der Waals surface area contributed by atoms with E-state index in [0.29, 0.717) is 26.3 Å². The number of carbonyl (C=O) groups excluding carboxylic acids is 1. The second-order valence-corrected chi connectivity index (χ2v) is 9.75. The van der Waals surface area contributed by atoms with Gasteiger partial charge in [0, 0.05) is 19.3 Å². The van der Waals surface area contributed by atoms with Crippen molar-refractivity contribution in [2.24, 2.45) is 5.92 Å². The molecule has 2 aliphatic rings. The molecule has 2 N–H and O–H groups in total.